The van der Waals surface area contributed by atoms with Crippen LogP contribution in [0.2, 0.25) is 0 Å². The van der Waals surface area contributed by atoms with Crippen LogP contribution in [0.25, 0.3) is 0 Å². The zero-order valence-electron chi connectivity index (χ0n) is 11.4. The number of rotatable bonds is 5. The number of hydrogen-bond acceptors (Lipinski definition) is 2. The molecule has 4 nitrogen and oxygen atoms in total. The predicted molar refractivity (Wildman–Crippen MR) is 70.0 cm³/mol. The van der Waals surface area contributed by atoms with Crippen LogP contribution in [0.15, 0.2) is 0 Å². The average molecular weight is 252 g/mol. The monoisotopic (exact) mass is 252 g/mol. The van der Waals surface area contributed by atoms with E-state index in [1.165, 1.54) is 0 Å². The molecule has 0 bridgehead atoms. The van der Waals surface area contributed by atoms with Crippen LogP contribution >= 0.6 is 0 Å². The molecule has 0 aromatic rings. The lowest BCUT2D eigenvalue weighted by atomic mass is 10.1. The van der Waals surface area contributed by atoms with Gasteiger partial charge in [-0.1, -0.05) is 19.8 Å². The third-order valence-corrected chi connectivity index (χ3v) is 4.05. The fourth-order valence-electron chi connectivity index (χ4n) is 2.66. The van der Waals surface area contributed by atoms with Gasteiger partial charge in [0.25, 0.3) is 0 Å². The summed E-state index contributed by atoms with van der Waals surface area (Å²) in [7, 11) is 0. The Morgan fingerprint density at radius 1 is 1.39 bits per heavy atom. The van der Waals surface area contributed by atoms with Crippen LogP contribution < -0.4 is 5.32 Å². The number of carbonyl (C=O) groups excluding carboxylic acids is 2. The van der Waals surface area contributed by atoms with Crippen LogP contribution in [0, 0.1) is 5.92 Å². The second-order valence-electron chi connectivity index (χ2n) is 5.66. The summed E-state index contributed by atoms with van der Waals surface area (Å²) in [4.78, 5) is 26.1. The van der Waals surface area contributed by atoms with E-state index in [1.807, 2.05) is 4.90 Å². The van der Waals surface area contributed by atoms with E-state index in [1.54, 1.807) is 0 Å². The maximum atomic E-state index is 12.5. The minimum absolute atomic E-state index is 0.0328. The van der Waals surface area contributed by atoms with Crippen molar-refractivity contribution in [2.45, 2.75) is 64.5 Å². The van der Waals surface area contributed by atoms with Gasteiger partial charge < -0.3 is 10.2 Å². The molecule has 2 amide bonds. The summed E-state index contributed by atoms with van der Waals surface area (Å²) >= 11 is 0. The molecule has 102 valence electrons. The Morgan fingerprint density at radius 3 is 2.72 bits per heavy atom. The summed E-state index contributed by atoms with van der Waals surface area (Å²) in [6.07, 6.45) is 5.93. The molecule has 0 spiro atoms. The summed E-state index contributed by atoms with van der Waals surface area (Å²) in [5.41, 5.74) is 0. The van der Waals surface area contributed by atoms with Gasteiger partial charge in [-0.2, -0.15) is 0 Å². The van der Waals surface area contributed by atoms with Crippen molar-refractivity contribution < 1.29 is 9.59 Å². The van der Waals surface area contributed by atoms with Gasteiger partial charge in [0, 0.05) is 19.0 Å². The molecule has 4 heteroatoms. The molecular formula is C14H24N2O2. The van der Waals surface area contributed by atoms with Crippen LogP contribution in [-0.2, 0) is 9.59 Å². The molecule has 1 aliphatic carbocycles. The van der Waals surface area contributed by atoms with Crippen molar-refractivity contribution in [2.75, 3.05) is 6.54 Å². The first kappa shape index (κ1) is 13.4. The smallest absolute Gasteiger partial charge is 0.245 e. The highest BCUT2D eigenvalue weighted by atomic mass is 16.2. The van der Waals surface area contributed by atoms with Gasteiger partial charge >= 0.3 is 0 Å². The number of amides is 2. The largest absolute Gasteiger partial charge is 0.344 e. The van der Waals surface area contributed by atoms with Crippen LogP contribution in [0.1, 0.15) is 52.4 Å². The Balaban J connectivity index is 2.03. The molecule has 0 aromatic carbocycles. The number of nitrogens with zero attached hydrogens (tertiary/aromatic N) is 1. The van der Waals surface area contributed by atoms with Gasteiger partial charge in [-0.3, -0.25) is 9.59 Å². The van der Waals surface area contributed by atoms with E-state index in [9.17, 15) is 9.59 Å². The van der Waals surface area contributed by atoms with Gasteiger partial charge in [0.15, 0.2) is 0 Å². The summed E-state index contributed by atoms with van der Waals surface area (Å²) < 4.78 is 0. The van der Waals surface area contributed by atoms with Crippen molar-refractivity contribution in [1.82, 2.24) is 10.2 Å². The first-order valence-electron chi connectivity index (χ1n) is 7.23. The third-order valence-electron chi connectivity index (χ3n) is 4.05. The molecule has 1 aliphatic heterocycles. The maximum absolute atomic E-state index is 12.5. The topological polar surface area (TPSA) is 49.4 Å². The van der Waals surface area contributed by atoms with Gasteiger partial charge in [0.1, 0.15) is 6.04 Å². The molecule has 2 fully saturated rings. The van der Waals surface area contributed by atoms with E-state index in [-0.39, 0.29) is 23.9 Å². The van der Waals surface area contributed by atoms with Gasteiger partial charge in [0.05, 0.1) is 0 Å². The quantitative estimate of drug-likeness (QED) is 0.809. The van der Waals surface area contributed by atoms with Crippen LogP contribution in [0.3, 0.4) is 0 Å². The van der Waals surface area contributed by atoms with Crippen molar-refractivity contribution in [3.05, 3.63) is 0 Å². The highest BCUT2D eigenvalue weighted by molar-refractivity contribution is 5.90. The molecule has 1 N–H and O–H groups in total. The minimum atomic E-state index is -0.246. The minimum Gasteiger partial charge on any atom is -0.344 e. The van der Waals surface area contributed by atoms with E-state index in [0.29, 0.717) is 18.9 Å². The highest BCUT2D eigenvalue weighted by Crippen LogP contribution is 2.34. The molecule has 0 aromatic heterocycles. The first-order chi connectivity index (χ1) is 8.63. The van der Waals surface area contributed by atoms with Gasteiger partial charge in [-0.25, -0.2) is 0 Å². The molecule has 2 aliphatic rings. The van der Waals surface area contributed by atoms with Gasteiger partial charge in [-0.15, -0.1) is 0 Å². The Labute approximate surface area is 109 Å². The Kier molecular flexibility index (Phi) is 4.25. The molecule has 1 heterocycles. The van der Waals surface area contributed by atoms with Gasteiger partial charge in [0.2, 0.25) is 11.8 Å². The van der Waals surface area contributed by atoms with Crippen LogP contribution in [0.4, 0.5) is 0 Å². The lowest BCUT2D eigenvalue weighted by molar-refractivity contribution is -0.136. The Hall–Kier alpha value is -1.06. The lowest BCUT2D eigenvalue weighted by Gasteiger charge is -2.30. The fourth-order valence-corrected chi connectivity index (χ4v) is 2.66. The Bertz CT molecular complexity index is 326. The Morgan fingerprint density at radius 2 is 2.11 bits per heavy atom. The van der Waals surface area contributed by atoms with Gasteiger partial charge in [-0.05, 0) is 32.1 Å². The number of unbranched alkanes of at least 4 members (excludes halogenated alkanes) is 1. The van der Waals surface area contributed by atoms with Crippen LogP contribution in [-0.4, -0.2) is 35.3 Å². The van der Waals surface area contributed by atoms with Crippen molar-refractivity contribution in [3.63, 3.8) is 0 Å². The maximum Gasteiger partial charge on any atom is 0.245 e. The van der Waals surface area contributed by atoms with Crippen molar-refractivity contribution in [2.24, 2.45) is 5.92 Å². The second-order valence-corrected chi connectivity index (χ2v) is 5.66. The molecule has 2 atom stereocenters. The van der Waals surface area contributed by atoms with E-state index >= 15 is 0 Å². The molecular weight excluding hydrogens is 228 g/mol. The number of carbonyl (C=O) groups is 2. The lowest BCUT2D eigenvalue weighted by Crippen LogP contribution is -2.48. The molecule has 1 saturated carbocycles. The number of nitrogens with one attached hydrogen (secondary N) is 1. The molecule has 0 radical (unpaired) electrons. The zero-order chi connectivity index (χ0) is 13.1. The van der Waals surface area contributed by atoms with Crippen molar-refractivity contribution >= 4 is 11.8 Å². The number of hydrogen-bond donors (Lipinski definition) is 1. The summed E-state index contributed by atoms with van der Waals surface area (Å²) in [5, 5.41) is 2.90. The SMILES string of the molecule is CCCCC(C)N1CCC(=O)NC(C2CC2)C1=O. The third kappa shape index (κ3) is 3.03. The molecule has 18 heavy (non-hydrogen) atoms. The highest BCUT2D eigenvalue weighted by Gasteiger charge is 2.41. The van der Waals surface area contributed by atoms with Crippen LogP contribution in [0.5, 0.6) is 0 Å². The zero-order valence-corrected chi connectivity index (χ0v) is 11.4. The summed E-state index contributed by atoms with van der Waals surface area (Å²) in [6, 6.07) is 0.00970. The molecule has 1 saturated heterocycles. The average Bonchev–Trinajstić information content (AvgIpc) is 3.16. The van der Waals surface area contributed by atoms with E-state index in [0.717, 1.165) is 32.1 Å². The normalized spacial score (nSPS) is 26.8. The molecule has 2 unspecified atom stereocenters. The second kappa shape index (κ2) is 5.72. The van der Waals surface area contributed by atoms with Crippen molar-refractivity contribution in [3.8, 4) is 0 Å². The standard InChI is InChI=1S/C14H24N2O2/c1-3-4-5-10(2)16-9-8-12(17)15-13(14(16)18)11-6-7-11/h10-11,13H,3-9H2,1-2H3,(H,15,17). The fraction of sp³-hybridized carbons (Fsp3) is 0.857. The van der Waals surface area contributed by atoms with E-state index < -0.39 is 0 Å². The van der Waals surface area contributed by atoms with Crippen molar-refractivity contribution in [1.29, 1.82) is 0 Å². The molecule has 2 rings (SSSR count). The van der Waals surface area contributed by atoms with E-state index in [4.69, 9.17) is 0 Å². The summed E-state index contributed by atoms with van der Waals surface area (Å²) in [5.74, 6) is 0.567. The summed E-state index contributed by atoms with van der Waals surface area (Å²) in [6.45, 7) is 4.85. The predicted octanol–water partition coefficient (Wildman–Crippen LogP) is 1.69. The van der Waals surface area contributed by atoms with E-state index in [2.05, 4.69) is 19.2 Å². The first-order valence-corrected chi connectivity index (χ1v) is 7.23.